The van der Waals surface area contributed by atoms with Gasteiger partial charge in [-0.15, -0.1) is 0 Å². The van der Waals surface area contributed by atoms with Crippen molar-refractivity contribution in [3.05, 3.63) is 63.4 Å². The second-order valence-electron chi connectivity index (χ2n) is 12.5. The zero-order valence-electron chi connectivity index (χ0n) is 21.6. The minimum absolute atomic E-state index is 0.0503. The lowest BCUT2D eigenvalue weighted by Crippen LogP contribution is -2.70. The van der Waals surface area contributed by atoms with E-state index in [4.69, 9.17) is 23.2 Å². The summed E-state index contributed by atoms with van der Waals surface area (Å²) in [6.45, 7) is 6.22. The van der Waals surface area contributed by atoms with Gasteiger partial charge < -0.3 is 15.7 Å². The second-order valence-corrected chi connectivity index (χ2v) is 13.4. The molecular weight excluding hydrogens is 528 g/mol. The van der Waals surface area contributed by atoms with Crippen molar-refractivity contribution in [2.45, 2.75) is 87.4 Å². The van der Waals surface area contributed by atoms with Crippen molar-refractivity contribution >= 4 is 40.7 Å². The number of carbonyl (C=O) groups is 2. The van der Waals surface area contributed by atoms with Gasteiger partial charge in [0.15, 0.2) is 0 Å². The highest BCUT2D eigenvalue weighted by atomic mass is 35.5. The number of rotatable bonds is 4. The molecule has 1 saturated heterocycles. The minimum Gasteiger partial charge on any atom is -0.393 e. The van der Waals surface area contributed by atoms with Crippen LogP contribution in [0.5, 0.6) is 0 Å². The molecule has 4 atom stereocenters. The fourth-order valence-corrected chi connectivity index (χ4v) is 8.34. The van der Waals surface area contributed by atoms with Crippen LogP contribution in [0.1, 0.15) is 64.0 Å². The molecule has 202 valence electrons. The number of hydrogen-bond donors (Lipinski definition) is 4. The van der Waals surface area contributed by atoms with Gasteiger partial charge in [-0.2, -0.15) is 0 Å². The molecule has 2 heterocycles. The van der Waals surface area contributed by atoms with Crippen molar-refractivity contribution in [3.63, 3.8) is 0 Å². The lowest BCUT2D eigenvalue weighted by molar-refractivity contribution is -0.128. The second kappa shape index (κ2) is 8.40. The number of halogens is 3. The van der Waals surface area contributed by atoms with Crippen molar-refractivity contribution in [1.82, 2.24) is 10.6 Å². The number of anilines is 1. The van der Waals surface area contributed by atoms with Gasteiger partial charge in [-0.1, -0.05) is 62.2 Å². The summed E-state index contributed by atoms with van der Waals surface area (Å²) in [5.41, 5.74) is -2.06. The van der Waals surface area contributed by atoms with Crippen LogP contribution in [0.2, 0.25) is 10.0 Å². The first kappa shape index (κ1) is 26.1. The Balaban J connectivity index is 1.54. The molecule has 2 aliphatic carbocycles. The standard InChI is InChI=1S/C29H32Cl2FN3O3/c1-26(2,3)14-27-28(19-5-4-6-20(31)22(19)32,23(35-27)24(37)33-16-8-10-17(36)11-9-16)29(27)18-12-7-15(30)13-21(18)34-25(29)38/h4-7,12-13,16-17,23,35-36H,8-11,14H2,1-3H3,(H,33,37)(H,34,38)/t16?,17?,23-,27-,28+,29+/m0/s1. The van der Waals surface area contributed by atoms with Gasteiger partial charge in [-0.05, 0) is 61.3 Å². The summed E-state index contributed by atoms with van der Waals surface area (Å²) in [6.07, 6.45) is 2.72. The van der Waals surface area contributed by atoms with E-state index < -0.39 is 28.2 Å². The van der Waals surface area contributed by atoms with Crippen LogP contribution in [0.25, 0.3) is 0 Å². The van der Waals surface area contributed by atoms with Crippen LogP contribution < -0.4 is 16.0 Å². The van der Waals surface area contributed by atoms with Crippen LogP contribution in [0.4, 0.5) is 10.1 Å². The van der Waals surface area contributed by atoms with Crippen molar-refractivity contribution in [3.8, 4) is 0 Å². The van der Waals surface area contributed by atoms with Gasteiger partial charge in [-0.3, -0.25) is 14.9 Å². The van der Waals surface area contributed by atoms with E-state index in [1.165, 1.54) is 6.07 Å². The monoisotopic (exact) mass is 559 g/mol. The number of nitrogens with one attached hydrogen (secondary N) is 3. The van der Waals surface area contributed by atoms with Gasteiger partial charge in [0, 0.05) is 22.3 Å². The number of aliphatic hydroxyl groups excluding tert-OH is 1. The lowest BCUT2D eigenvalue weighted by Gasteiger charge is -2.46. The Morgan fingerprint density at radius 3 is 2.53 bits per heavy atom. The average Bonchev–Trinajstić information content (AvgIpc) is 3.04. The molecule has 2 amide bonds. The Bertz CT molecular complexity index is 1360. The molecule has 0 bridgehead atoms. The maximum Gasteiger partial charge on any atom is 0.238 e. The lowest BCUT2D eigenvalue weighted by atomic mass is 9.70. The van der Waals surface area contributed by atoms with Gasteiger partial charge in [0.25, 0.3) is 0 Å². The molecule has 38 heavy (non-hydrogen) atoms. The largest absolute Gasteiger partial charge is 0.393 e. The maximum absolute atomic E-state index is 16.0. The van der Waals surface area contributed by atoms with E-state index in [2.05, 4.69) is 36.7 Å². The first-order valence-electron chi connectivity index (χ1n) is 13.2. The van der Waals surface area contributed by atoms with Crippen molar-refractivity contribution in [2.24, 2.45) is 5.41 Å². The van der Waals surface area contributed by atoms with E-state index in [-0.39, 0.29) is 40.0 Å². The molecule has 3 fully saturated rings. The SMILES string of the molecule is CC(C)(C)C[C@]12N[C@@H](C(=O)NC3CCC(O)CC3)[C@@]1(c1cccc(Cl)c1F)[C@]21C(=O)Nc2cc(Cl)ccc21. The highest BCUT2D eigenvalue weighted by Gasteiger charge is 3.01. The predicted octanol–water partition coefficient (Wildman–Crippen LogP) is 4.84. The van der Waals surface area contributed by atoms with E-state index in [1.807, 2.05) is 6.07 Å². The Morgan fingerprint density at radius 2 is 1.84 bits per heavy atom. The maximum atomic E-state index is 16.0. The molecule has 2 aromatic rings. The minimum atomic E-state index is -1.23. The quantitative estimate of drug-likeness (QED) is 0.431. The number of benzene rings is 2. The molecule has 0 aromatic heterocycles. The third-order valence-electron chi connectivity index (χ3n) is 9.12. The van der Waals surface area contributed by atoms with Gasteiger partial charge in [0.1, 0.15) is 17.3 Å². The number of aliphatic hydroxyl groups is 1. The Labute approximate surface area is 231 Å². The fraction of sp³-hybridized carbons (Fsp3) is 0.517. The third kappa shape index (κ3) is 3.19. The van der Waals surface area contributed by atoms with E-state index in [0.717, 1.165) is 0 Å². The third-order valence-corrected chi connectivity index (χ3v) is 9.64. The van der Waals surface area contributed by atoms with Crippen LogP contribution >= 0.6 is 23.2 Å². The summed E-state index contributed by atoms with van der Waals surface area (Å²) in [7, 11) is 0. The molecule has 6 nitrogen and oxygen atoms in total. The Hall–Kier alpha value is -2.19. The Morgan fingerprint density at radius 1 is 1.13 bits per heavy atom. The van der Waals surface area contributed by atoms with Gasteiger partial charge in [0.2, 0.25) is 11.8 Å². The van der Waals surface area contributed by atoms with Crippen molar-refractivity contribution < 1.29 is 19.1 Å². The van der Waals surface area contributed by atoms with E-state index >= 15 is 4.39 Å². The Kier molecular flexibility index (Phi) is 5.76. The number of hydrogen-bond acceptors (Lipinski definition) is 4. The summed E-state index contributed by atoms with van der Waals surface area (Å²) in [5.74, 6) is -1.16. The molecule has 1 spiro atoms. The smallest absolute Gasteiger partial charge is 0.238 e. The molecule has 2 aliphatic heterocycles. The normalized spacial score (nSPS) is 35.2. The van der Waals surface area contributed by atoms with Crippen LogP contribution in [-0.4, -0.2) is 40.6 Å². The van der Waals surface area contributed by atoms with Gasteiger partial charge >= 0.3 is 0 Å². The fourth-order valence-electron chi connectivity index (χ4n) is 8.00. The molecule has 9 heteroatoms. The van der Waals surface area contributed by atoms with Crippen LogP contribution in [0, 0.1) is 11.2 Å². The number of carbonyl (C=O) groups excluding carboxylic acids is 2. The van der Waals surface area contributed by atoms with E-state index in [0.29, 0.717) is 48.4 Å². The summed E-state index contributed by atoms with van der Waals surface area (Å²) >= 11 is 12.6. The molecule has 2 saturated carbocycles. The first-order valence-corrected chi connectivity index (χ1v) is 14.0. The van der Waals surface area contributed by atoms with Crippen LogP contribution in [-0.2, 0) is 20.4 Å². The average molecular weight is 560 g/mol. The van der Waals surface area contributed by atoms with Crippen molar-refractivity contribution in [1.29, 1.82) is 0 Å². The van der Waals surface area contributed by atoms with Crippen LogP contribution in [0.15, 0.2) is 36.4 Å². The molecular formula is C29H32Cl2FN3O3. The summed E-state index contributed by atoms with van der Waals surface area (Å²) in [4.78, 5) is 28.1. The van der Waals surface area contributed by atoms with E-state index in [9.17, 15) is 14.7 Å². The highest BCUT2D eigenvalue weighted by Crippen LogP contribution is 2.84. The first-order chi connectivity index (χ1) is 17.9. The summed E-state index contributed by atoms with van der Waals surface area (Å²) in [5, 5.41) is 20.0. The molecule has 4 aliphatic rings. The molecule has 0 unspecified atom stereocenters. The zero-order chi connectivity index (χ0) is 27.3. The number of fused-ring (bicyclic) bond motifs is 5. The predicted molar refractivity (Wildman–Crippen MR) is 145 cm³/mol. The molecule has 6 rings (SSSR count). The van der Waals surface area contributed by atoms with Crippen LogP contribution in [0.3, 0.4) is 0 Å². The topological polar surface area (TPSA) is 90.5 Å². The molecule has 2 aromatic carbocycles. The highest BCUT2D eigenvalue weighted by molar-refractivity contribution is 6.31. The molecule has 0 radical (unpaired) electrons. The summed E-state index contributed by atoms with van der Waals surface area (Å²) < 4.78 is 16.0. The zero-order valence-corrected chi connectivity index (χ0v) is 23.1. The number of amides is 2. The van der Waals surface area contributed by atoms with E-state index in [1.54, 1.807) is 24.3 Å². The van der Waals surface area contributed by atoms with Gasteiger partial charge in [-0.25, -0.2) is 4.39 Å². The van der Waals surface area contributed by atoms with Gasteiger partial charge in [0.05, 0.1) is 22.1 Å². The molecule has 4 N–H and O–H groups in total. The summed E-state index contributed by atoms with van der Waals surface area (Å²) in [6, 6.07) is 9.12. The van der Waals surface area contributed by atoms with Crippen molar-refractivity contribution in [2.75, 3.05) is 5.32 Å².